The van der Waals surface area contributed by atoms with E-state index >= 15 is 0 Å². The fourth-order valence-electron chi connectivity index (χ4n) is 2.02. The highest BCUT2D eigenvalue weighted by Crippen LogP contribution is 2.09. The SMILES string of the molecule is Cc1cccc(CN2CCNCCC2=O)c1. The first-order valence-corrected chi connectivity index (χ1v) is 5.80. The maximum Gasteiger partial charge on any atom is 0.224 e. The van der Waals surface area contributed by atoms with Gasteiger partial charge >= 0.3 is 0 Å². The van der Waals surface area contributed by atoms with E-state index in [1.165, 1.54) is 11.1 Å². The largest absolute Gasteiger partial charge is 0.337 e. The van der Waals surface area contributed by atoms with Crippen LogP contribution >= 0.6 is 0 Å². The Kier molecular flexibility index (Phi) is 3.57. The van der Waals surface area contributed by atoms with E-state index in [2.05, 4.69) is 30.4 Å². The third kappa shape index (κ3) is 2.83. The molecule has 0 unspecified atom stereocenters. The minimum absolute atomic E-state index is 0.256. The molecule has 0 spiro atoms. The van der Waals surface area contributed by atoms with Gasteiger partial charge in [0.1, 0.15) is 0 Å². The highest BCUT2D eigenvalue weighted by molar-refractivity contribution is 5.76. The van der Waals surface area contributed by atoms with Gasteiger partial charge < -0.3 is 10.2 Å². The predicted octanol–water partition coefficient (Wildman–Crippen LogP) is 1.32. The highest BCUT2D eigenvalue weighted by Gasteiger charge is 2.15. The lowest BCUT2D eigenvalue weighted by molar-refractivity contribution is -0.130. The molecule has 1 aromatic rings. The first-order valence-electron chi connectivity index (χ1n) is 5.80. The van der Waals surface area contributed by atoms with Crippen LogP contribution in [0, 0.1) is 6.92 Å². The molecule has 86 valence electrons. The summed E-state index contributed by atoms with van der Waals surface area (Å²) < 4.78 is 0. The topological polar surface area (TPSA) is 32.3 Å². The summed E-state index contributed by atoms with van der Waals surface area (Å²) in [5.41, 5.74) is 2.47. The summed E-state index contributed by atoms with van der Waals surface area (Å²) in [6, 6.07) is 8.35. The van der Waals surface area contributed by atoms with Gasteiger partial charge in [-0.2, -0.15) is 0 Å². The smallest absolute Gasteiger partial charge is 0.224 e. The van der Waals surface area contributed by atoms with Crippen LogP contribution in [0.25, 0.3) is 0 Å². The van der Waals surface area contributed by atoms with Crippen molar-refractivity contribution in [3.05, 3.63) is 35.4 Å². The lowest BCUT2D eigenvalue weighted by atomic mass is 10.1. The molecule has 1 aromatic carbocycles. The van der Waals surface area contributed by atoms with Crippen molar-refractivity contribution in [2.45, 2.75) is 19.9 Å². The number of amides is 1. The Morgan fingerprint density at radius 3 is 3.06 bits per heavy atom. The quantitative estimate of drug-likeness (QED) is 0.812. The number of aryl methyl sites for hydroxylation is 1. The van der Waals surface area contributed by atoms with Gasteiger partial charge in [-0.15, -0.1) is 0 Å². The molecule has 1 saturated heterocycles. The summed E-state index contributed by atoms with van der Waals surface area (Å²) in [5, 5.41) is 3.24. The Labute approximate surface area is 96.5 Å². The molecule has 0 atom stereocenters. The van der Waals surface area contributed by atoms with E-state index < -0.39 is 0 Å². The van der Waals surface area contributed by atoms with Crippen molar-refractivity contribution in [1.82, 2.24) is 10.2 Å². The van der Waals surface area contributed by atoms with Crippen molar-refractivity contribution in [1.29, 1.82) is 0 Å². The first kappa shape index (κ1) is 11.1. The van der Waals surface area contributed by atoms with Crippen molar-refractivity contribution < 1.29 is 4.79 Å². The lowest BCUT2D eigenvalue weighted by Crippen LogP contribution is -2.31. The molecule has 1 amide bonds. The Hall–Kier alpha value is -1.35. The standard InChI is InChI=1S/C13H18N2O/c1-11-3-2-4-12(9-11)10-15-8-7-14-6-5-13(15)16/h2-4,9,14H,5-8,10H2,1H3. The molecule has 3 heteroatoms. The van der Waals surface area contributed by atoms with Crippen molar-refractivity contribution in [3.63, 3.8) is 0 Å². The van der Waals surface area contributed by atoms with Crippen LogP contribution in [0.3, 0.4) is 0 Å². The molecular formula is C13H18N2O. The maximum atomic E-state index is 11.8. The number of carbonyl (C=O) groups excluding carboxylic acids is 1. The minimum Gasteiger partial charge on any atom is -0.337 e. The monoisotopic (exact) mass is 218 g/mol. The Morgan fingerprint density at radius 2 is 2.25 bits per heavy atom. The second-order valence-electron chi connectivity index (χ2n) is 4.30. The number of hydrogen-bond acceptors (Lipinski definition) is 2. The number of benzene rings is 1. The molecule has 2 rings (SSSR count). The van der Waals surface area contributed by atoms with E-state index in [0.717, 1.165) is 26.2 Å². The van der Waals surface area contributed by atoms with Crippen LogP contribution in [0.5, 0.6) is 0 Å². The zero-order valence-electron chi connectivity index (χ0n) is 9.70. The summed E-state index contributed by atoms with van der Waals surface area (Å²) in [4.78, 5) is 13.7. The summed E-state index contributed by atoms with van der Waals surface area (Å²) >= 11 is 0. The molecule has 1 fully saturated rings. The minimum atomic E-state index is 0.256. The fraction of sp³-hybridized carbons (Fsp3) is 0.462. The Morgan fingerprint density at radius 1 is 1.38 bits per heavy atom. The normalized spacial score (nSPS) is 17.3. The summed E-state index contributed by atoms with van der Waals surface area (Å²) in [6.45, 7) is 5.34. The zero-order chi connectivity index (χ0) is 11.4. The van der Waals surface area contributed by atoms with Crippen molar-refractivity contribution in [3.8, 4) is 0 Å². The summed E-state index contributed by atoms with van der Waals surface area (Å²) in [5.74, 6) is 0.256. The molecule has 3 nitrogen and oxygen atoms in total. The Balaban J connectivity index is 2.05. The van der Waals surface area contributed by atoms with E-state index in [0.29, 0.717) is 6.42 Å². The summed E-state index contributed by atoms with van der Waals surface area (Å²) in [6.07, 6.45) is 0.617. The van der Waals surface area contributed by atoms with E-state index in [1.807, 2.05) is 11.0 Å². The van der Waals surface area contributed by atoms with Gasteiger partial charge in [-0.05, 0) is 12.5 Å². The molecule has 16 heavy (non-hydrogen) atoms. The molecule has 0 bridgehead atoms. The average Bonchev–Trinajstić information content (AvgIpc) is 2.45. The predicted molar refractivity (Wildman–Crippen MR) is 64.1 cm³/mol. The summed E-state index contributed by atoms with van der Waals surface area (Å²) in [7, 11) is 0. The van der Waals surface area contributed by atoms with Crippen LogP contribution in [0.4, 0.5) is 0 Å². The van der Waals surface area contributed by atoms with E-state index in [1.54, 1.807) is 0 Å². The van der Waals surface area contributed by atoms with Crippen LogP contribution in [0.15, 0.2) is 24.3 Å². The van der Waals surface area contributed by atoms with Gasteiger partial charge in [0.25, 0.3) is 0 Å². The number of hydrogen-bond donors (Lipinski definition) is 1. The molecule has 0 saturated carbocycles. The second-order valence-corrected chi connectivity index (χ2v) is 4.30. The average molecular weight is 218 g/mol. The number of nitrogens with zero attached hydrogens (tertiary/aromatic N) is 1. The fourth-order valence-corrected chi connectivity index (χ4v) is 2.02. The molecule has 1 heterocycles. The molecule has 1 N–H and O–H groups in total. The van der Waals surface area contributed by atoms with Gasteiger partial charge in [0, 0.05) is 32.6 Å². The van der Waals surface area contributed by atoms with Crippen molar-refractivity contribution >= 4 is 5.91 Å². The number of nitrogens with one attached hydrogen (secondary N) is 1. The third-order valence-corrected chi connectivity index (χ3v) is 2.88. The molecule has 1 aliphatic rings. The van der Waals surface area contributed by atoms with Gasteiger partial charge in [-0.1, -0.05) is 29.8 Å². The molecule has 0 aromatic heterocycles. The van der Waals surface area contributed by atoms with E-state index in [4.69, 9.17) is 0 Å². The Bertz CT molecular complexity index is 376. The van der Waals surface area contributed by atoms with Crippen molar-refractivity contribution in [2.24, 2.45) is 0 Å². The molecule has 1 aliphatic heterocycles. The lowest BCUT2D eigenvalue weighted by Gasteiger charge is -2.20. The third-order valence-electron chi connectivity index (χ3n) is 2.88. The van der Waals surface area contributed by atoms with Gasteiger partial charge in [0.05, 0.1) is 0 Å². The van der Waals surface area contributed by atoms with Gasteiger partial charge in [0.2, 0.25) is 5.91 Å². The van der Waals surface area contributed by atoms with E-state index in [9.17, 15) is 4.79 Å². The molecular weight excluding hydrogens is 200 g/mol. The first-order chi connectivity index (χ1) is 7.75. The number of rotatable bonds is 2. The van der Waals surface area contributed by atoms with Crippen LogP contribution in [-0.4, -0.2) is 30.4 Å². The second kappa shape index (κ2) is 5.12. The zero-order valence-corrected chi connectivity index (χ0v) is 9.70. The van der Waals surface area contributed by atoms with Gasteiger partial charge in [0.15, 0.2) is 0 Å². The van der Waals surface area contributed by atoms with Crippen LogP contribution in [0.1, 0.15) is 17.5 Å². The van der Waals surface area contributed by atoms with Crippen molar-refractivity contribution in [2.75, 3.05) is 19.6 Å². The van der Waals surface area contributed by atoms with Gasteiger partial charge in [-0.25, -0.2) is 0 Å². The molecule has 0 aliphatic carbocycles. The maximum absolute atomic E-state index is 11.8. The molecule has 0 radical (unpaired) electrons. The van der Waals surface area contributed by atoms with Crippen LogP contribution in [0.2, 0.25) is 0 Å². The number of carbonyl (C=O) groups is 1. The van der Waals surface area contributed by atoms with Crippen LogP contribution in [-0.2, 0) is 11.3 Å². The van der Waals surface area contributed by atoms with Gasteiger partial charge in [-0.3, -0.25) is 4.79 Å². The van der Waals surface area contributed by atoms with Crippen LogP contribution < -0.4 is 5.32 Å². The highest BCUT2D eigenvalue weighted by atomic mass is 16.2. The van der Waals surface area contributed by atoms with E-state index in [-0.39, 0.29) is 5.91 Å².